The van der Waals surface area contributed by atoms with Crippen LogP contribution in [0.25, 0.3) is 0 Å². The van der Waals surface area contributed by atoms with E-state index in [0.717, 1.165) is 29.5 Å². The molecule has 3 aromatic rings. The lowest BCUT2D eigenvalue weighted by molar-refractivity contribution is -0.136. The van der Waals surface area contributed by atoms with E-state index in [4.69, 9.17) is 32.7 Å². The largest absolute Gasteiger partial charge is 0.490 e. The van der Waals surface area contributed by atoms with Crippen molar-refractivity contribution in [3.63, 3.8) is 0 Å². The molecule has 0 aliphatic heterocycles. The molecule has 1 unspecified atom stereocenters. The minimum absolute atomic E-state index is 0.0342. The maximum Gasteiger partial charge on any atom is 0.404 e. The number of halogens is 2. The van der Waals surface area contributed by atoms with E-state index in [1.165, 1.54) is 11.1 Å². The van der Waals surface area contributed by atoms with Crippen LogP contribution in [0, 0.1) is 26.7 Å². The average Bonchev–Trinajstić information content (AvgIpc) is 3.76. The van der Waals surface area contributed by atoms with Gasteiger partial charge in [-0.3, -0.25) is 4.79 Å². The van der Waals surface area contributed by atoms with Crippen LogP contribution in [0.4, 0.5) is 4.79 Å². The van der Waals surface area contributed by atoms with Gasteiger partial charge in [-0.25, -0.2) is 4.79 Å². The molecular formula is C32H36Cl2N2O5. The van der Waals surface area contributed by atoms with Crippen molar-refractivity contribution in [1.29, 1.82) is 0 Å². The second-order valence-corrected chi connectivity index (χ2v) is 11.4. The van der Waals surface area contributed by atoms with E-state index < -0.39 is 12.0 Å². The number of carbonyl (C=O) groups excluding carboxylic acids is 1. The summed E-state index contributed by atoms with van der Waals surface area (Å²) in [6.07, 6.45) is 1.19. The number of nitrogens with one attached hydrogen (secondary N) is 1. The van der Waals surface area contributed by atoms with Crippen LogP contribution in [-0.4, -0.2) is 47.8 Å². The molecule has 2 N–H and O–H groups in total. The summed E-state index contributed by atoms with van der Waals surface area (Å²) in [4.78, 5) is 27.0. The lowest BCUT2D eigenvalue weighted by Crippen LogP contribution is -2.43. The van der Waals surface area contributed by atoms with E-state index in [2.05, 4.69) is 31.3 Å². The number of rotatable bonds is 13. The molecule has 0 saturated heterocycles. The van der Waals surface area contributed by atoms with Crippen LogP contribution in [0.2, 0.25) is 10.0 Å². The Kier molecular flexibility index (Phi) is 10.4. The maximum absolute atomic E-state index is 13.8. The maximum atomic E-state index is 13.8. The Morgan fingerprint density at radius 3 is 2.29 bits per heavy atom. The second-order valence-electron chi connectivity index (χ2n) is 10.5. The van der Waals surface area contributed by atoms with Gasteiger partial charge in [0.25, 0.3) is 0 Å². The molecule has 4 rings (SSSR count). The molecule has 1 aliphatic carbocycles. The fraction of sp³-hybridized carbons (Fsp3) is 0.375. The standard InChI is InChI=1S/C32H36Cl2N2O5/c1-20-15-28(33)30(29(34)16-20)41-14-13-40-27-11-7-23(8-12-27)17-25(18-35-32(38)39)31(37)36(26-9-10-26)19-24-6-4-5-21(2)22(24)3/h4-8,11-12,15-16,25-26,35H,9-10,13-14,17-19H2,1-3H3,(H,38,39). The molecule has 1 aliphatic rings. The summed E-state index contributed by atoms with van der Waals surface area (Å²) < 4.78 is 11.5. The van der Waals surface area contributed by atoms with Crippen LogP contribution < -0.4 is 14.8 Å². The van der Waals surface area contributed by atoms with E-state index >= 15 is 0 Å². The number of aryl methyl sites for hydroxylation is 2. The van der Waals surface area contributed by atoms with Crippen molar-refractivity contribution < 1.29 is 24.2 Å². The zero-order chi connectivity index (χ0) is 29.5. The molecule has 2 amide bonds. The van der Waals surface area contributed by atoms with Crippen LogP contribution in [0.3, 0.4) is 0 Å². The number of ether oxygens (including phenoxy) is 2. The Balaban J connectivity index is 1.37. The Bertz CT molecular complexity index is 1350. The Hall–Kier alpha value is -3.42. The Morgan fingerprint density at radius 1 is 1.00 bits per heavy atom. The third-order valence-electron chi connectivity index (χ3n) is 7.32. The molecule has 3 aromatic carbocycles. The van der Waals surface area contributed by atoms with Crippen molar-refractivity contribution in [2.75, 3.05) is 19.8 Å². The topological polar surface area (TPSA) is 88.1 Å². The van der Waals surface area contributed by atoms with Crippen LogP contribution in [0.5, 0.6) is 11.5 Å². The second kappa shape index (κ2) is 14.0. The Labute approximate surface area is 251 Å². The first-order chi connectivity index (χ1) is 19.6. The fourth-order valence-electron chi connectivity index (χ4n) is 4.77. The monoisotopic (exact) mass is 598 g/mol. The highest BCUT2D eigenvalue weighted by Crippen LogP contribution is 2.34. The van der Waals surface area contributed by atoms with Crippen molar-refractivity contribution in [3.8, 4) is 11.5 Å². The van der Waals surface area contributed by atoms with Gasteiger partial charge in [0.1, 0.15) is 19.0 Å². The van der Waals surface area contributed by atoms with E-state index in [1.54, 1.807) is 12.1 Å². The van der Waals surface area contributed by atoms with Gasteiger partial charge < -0.3 is 24.8 Å². The summed E-state index contributed by atoms with van der Waals surface area (Å²) in [6.45, 7) is 7.17. The molecule has 0 bridgehead atoms. The lowest BCUT2D eigenvalue weighted by atomic mass is 9.96. The van der Waals surface area contributed by atoms with E-state index in [-0.39, 0.29) is 31.7 Å². The summed E-state index contributed by atoms with van der Waals surface area (Å²) in [5, 5.41) is 12.6. The first-order valence-corrected chi connectivity index (χ1v) is 14.5. The molecule has 0 heterocycles. The van der Waals surface area contributed by atoms with E-state index in [1.807, 2.05) is 42.2 Å². The molecule has 1 saturated carbocycles. The number of amides is 2. The first-order valence-electron chi connectivity index (χ1n) is 13.7. The minimum Gasteiger partial charge on any atom is -0.490 e. The number of hydrogen-bond donors (Lipinski definition) is 2. The molecule has 9 heteroatoms. The highest BCUT2D eigenvalue weighted by Gasteiger charge is 2.36. The molecule has 0 radical (unpaired) electrons. The lowest BCUT2D eigenvalue weighted by Gasteiger charge is -2.28. The summed E-state index contributed by atoms with van der Waals surface area (Å²) in [7, 11) is 0. The van der Waals surface area contributed by atoms with Crippen LogP contribution >= 0.6 is 23.2 Å². The number of benzene rings is 3. The molecule has 0 spiro atoms. The zero-order valence-corrected chi connectivity index (χ0v) is 25.1. The number of carbonyl (C=O) groups is 2. The van der Waals surface area contributed by atoms with Crippen molar-refractivity contribution in [3.05, 3.63) is 92.5 Å². The van der Waals surface area contributed by atoms with Gasteiger partial charge in [-0.15, -0.1) is 0 Å². The van der Waals surface area contributed by atoms with Crippen molar-refractivity contribution in [2.24, 2.45) is 5.92 Å². The molecule has 0 aromatic heterocycles. The van der Waals surface area contributed by atoms with Crippen LogP contribution in [-0.2, 0) is 17.8 Å². The van der Waals surface area contributed by atoms with Gasteiger partial charge >= 0.3 is 6.09 Å². The molecule has 41 heavy (non-hydrogen) atoms. The molecule has 1 fully saturated rings. The average molecular weight is 600 g/mol. The number of hydrogen-bond acceptors (Lipinski definition) is 4. The van der Waals surface area contributed by atoms with Crippen molar-refractivity contribution in [2.45, 2.75) is 52.6 Å². The zero-order valence-electron chi connectivity index (χ0n) is 23.6. The predicted octanol–water partition coefficient (Wildman–Crippen LogP) is 6.99. The van der Waals surface area contributed by atoms with Gasteiger partial charge in [-0.1, -0.05) is 53.5 Å². The van der Waals surface area contributed by atoms with Gasteiger partial charge in [0, 0.05) is 19.1 Å². The van der Waals surface area contributed by atoms with Gasteiger partial charge in [0.05, 0.1) is 16.0 Å². The third kappa shape index (κ3) is 8.54. The normalized spacial score (nSPS) is 13.4. The molecule has 218 valence electrons. The fourth-order valence-corrected chi connectivity index (χ4v) is 5.47. The third-order valence-corrected chi connectivity index (χ3v) is 7.89. The first kappa shape index (κ1) is 30.5. The summed E-state index contributed by atoms with van der Waals surface area (Å²) in [5.74, 6) is 0.523. The van der Waals surface area contributed by atoms with Crippen LogP contribution in [0.15, 0.2) is 54.6 Å². The minimum atomic E-state index is -1.14. The van der Waals surface area contributed by atoms with Gasteiger partial charge in [0.15, 0.2) is 5.75 Å². The number of carboxylic acid groups (broad SMARTS) is 1. The highest BCUT2D eigenvalue weighted by molar-refractivity contribution is 6.37. The highest BCUT2D eigenvalue weighted by atomic mass is 35.5. The van der Waals surface area contributed by atoms with Gasteiger partial charge in [-0.2, -0.15) is 0 Å². The van der Waals surface area contributed by atoms with Gasteiger partial charge in [0.2, 0.25) is 5.91 Å². The summed E-state index contributed by atoms with van der Waals surface area (Å²) in [5.41, 5.74) is 5.35. The SMILES string of the molecule is Cc1cc(Cl)c(OCCOc2ccc(CC(CNC(=O)O)C(=O)N(Cc3cccc(C)c3C)C3CC3)cc2)c(Cl)c1. The summed E-state index contributed by atoms with van der Waals surface area (Å²) in [6, 6.07) is 17.4. The van der Waals surface area contributed by atoms with Crippen molar-refractivity contribution >= 4 is 35.2 Å². The predicted molar refractivity (Wildman–Crippen MR) is 161 cm³/mol. The smallest absolute Gasteiger partial charge is 0.404 e. The molecular weight excluding hydrogens is 563 g/mol. The molecule has 1 atom stereocenters. The summed E-state index contributed by atoms with van der Waals surface area (Å²) >= 11 is 12.5. The molecule has 7 nitrogen and oxygen atoms in total. The van der Waals surface area contributed by atoms with Crippen molar-refractivity contribution in [1.82, 2.24) is 10.2 Å². The van der Waals surface area contributed by atoms with E-state index in [0.29, 0.717) is 34.5 Å². The van der Waals surface area contributed by atoms with Gasteiger partial charge in [-0.05, 0) is 92.1 Å². The number of nitrogens with zero attached hydrogens (tertiary/aromatic N) is 1. The van der Waals surface area contributed by atoms with Crippen LogP contribution in [0.1, 0.15) is 40.7 Å². The quantitative estimate of drug-likeness (QED) is 0.207. The Morgan fingerprint density at radius 2 is 1.66 bits per heavy atom. The van der Waals surface area contributed by atoms with E-state index in [9.17, 15) is 14.7 Å².